The molecular formula is C15H25BrN4O. The van der Waals surface area contributed by atoms with E-state index < -0.39 is 0 Å². The molecule has 0 fully saturated rings. The van der Waals surface area contributed by atoms with Crippen LogP contribution < -0.4 is 10.6 Å². The van der Waals surface area contributed by atoms with Crippen LogP contribution in [-0.2, 0) is 0 Å². The summed E-state index contributed by atoms with van der Waals surface area (Å²) >= 11 is 3.37. The number of hydrogen-bond donors (Lipinski definition) is 2. The van der Waals surface area contributed by atoms with Crippen LogP contribution in [0.25, 0.3) is 0 Å². The van der Waals surface area contributed by atoms with Gasteiger partial charge in [-0.15, -0.1) is 0 Å². The number of anilines is 1. The summed E-state index contributed by atoms with van der Waals surface area (Å²) in [6.07, 6.45) is 1.69. The molecule has 0 aliphatic carbocycles. The summed E-state index contributed by atoms with van der Waals surface area (Å²) in [5.41, 5.74) is 0.567. The highest BCUT2D eigenvalue weighted by atomic mass is 79.9. The number of hydrogen-bond acceptors (Lipinski definition) is 4. The van der Waals surface area contributed by atoms with Gasteiger partial charge in [-0.25, -0.2) is 4.98 Å². The fraction of sp³-hybridized carbons (Fsp3) is 0.600. The maximum absolute atomic E-state index is 12.4. The van der Waals surface area contributed by atoms with E-state index in [1.165, 1.54) is 0 Å². The number of likely N-dealkylation sites (N-methyl/N-ethyl adjacent to an activating group) is 1. The Labute approximate surface area is 135 Å². The van der Waals surface area contributed by atoms with E-state index in [1.54, 1.807) is 12.3 Å². The van der Waals surface area contributed by atoms with Gasteiger partial charge in [-0.3, -0.25) is 4.79 Å². The quantitative estimate of drug-likeness (QED) is 0.751. The third kappa shape index (κ3) is 5.63. The fourth-order valence-corrected chi connectivity index (χ4v) is 2.47. The first-order valence-corrected chi connectivity index (χ1v) is 8.23. The van der Waals surface area contributed by atoms with Crippen LogP contribution >= 0.6 is 15.9 Å². The van der Waals surface area contributed by atoms with Crippen LogP contribution in [0.15, 0.2) is 16.7 Å². The van der Waals surface area contributed by atoms with E-state index in [2.05, 4.69) is 50.3 Å². The zero-order chi connectivity index (χ0) is 15.8. The molecule has 1 rings (SSSR count). The third-order valence-electron chi connectivity index (χ3n) is 3.25. The molecule has 0 bridgehead atoms. The fourth-order valence-electron chi connectivity index (χ4n) is 2.14. The zero-order valence-electron chi connectivity index (χ0n) is 13.2. The van der Waals surface area contributed by atoms with Gasteiger partial charge in [0.25, 0.3) is 5.91 Å². The van der Waals surface area contributed by atoms with Gasteiger partial charge in [0.05, 0.1) is 5.56 Å². The summed E-state index contributed by atoms with van der Waals surface area (Å²) in [5.74, 6) is 0.521. The van der Waals surface area contributed by atoms with Crippen LogP contribution in [0.4, 0.5) is 5.82 Å². The van der Waals surface area contributed by atoms with E-state index in [1.807, 2.05) is 13.8 Å². The second-order valence-electron chi connectivity index (χ2n) is 4.94. The van der Waals surface area contributed by atoms with Crippen molar-refractivity contribution in [1.29, 1.82) is 0 Å². The molecule has 0 aliphatic heterocycles. The molecule has 1 heterocycles. The van der Waals surface area contributed by atoms with Gasteiger partial charge in [0.15, 0.2) is 0 Å². The molecule has 0 saturated heterocycles. The van der Waals surface area contributed by atoms with Crippen molar-refractivity contribution in [2.75, 3.05) is 31.5 Å². The van der Waals surface area contributed by atoms with Gasteiger partial charge in [-0.1, -0.05) is 13.8 Å². The molecular weight excluding hydrogens is 332 g/mol. The summed E-state index contributed by atoms with van der Waals surface area (Å²) in [4.78, 5) is 19.0. The monoisotopic (exact) mass is 356 g/mol. The van der Waals surface area contributed by atoms with Gasteiger partial charge >= 0.3 is 0 Å². The molecule has 1 aromatic heterocycles. The topological polar surface area (TPSA) is 57.3 Å². The van der Waals surface area contributed by atoms with Crippen molar-refractivity contribution >= 4 is 27.7 Å². The lowest BCUT2D eigenvalue weighted by Gasteiger charge is -2.23. The molecule has 1 amide bonds. The van der Waals surface area contributed by atoms with Gasteiger partial charge in [0.2, 0.25) is 0 Å². The molecule has 6 heteroatoms. The summed E-state index contributed by atoms with van der Waals surface area (Å²) < 4.78 is 0.797. The number of amides is 1. The lowest BCUT2D eigenvalue weighted by atomic mass is 10.2. The van der Waals surface area contributed by atoms with E-state index >= 15 is 0 Å². The van der Waals surface area contributed by atoms with Gasteiger partial charge < -0.3 is 15.5 Å². The molecule has 21 heavy (non-hydrogen) atoms. The minimum atomic E-state index is -0.0978. The van der Waals surface area contributed by atoms with Gasteiger partial charge in [0.1, 0.15) is 5.82 Å². The predicted octanol–water partition coefficient (Wildman–Crippen LogP) is 2.74. The second kappa shape index (κ2) is 9.00. The Morgan fingerprint density at radius 3 is 2.62 bits per heavy atom. The third-order valence-corrected chi connectivity index (χ3v) is 3.68. The molecule has 5 nitrogen and oxygen atoms in total. The van der Waals surface area contributed by atoms with Gasteiger partial charge in [0, 0.05) is 29.8 Å². The number of halogens is 1. The maximum atomic E-state index is 12.4. The Kier molecular flexibility index (Phi) is 7.67. The van der Waals surface area contributed by atoms with Crippen molar-refractivity contribution in [3.8, 4) is 0 Å². The Morgan fingerprint density at radius 2 is 2.05 bits per heavy atom. The highest BCUT2D eigenvalue weighted by Gasteiger charge is 2.16. The first kappa shape index (κ1) is 17.9. The van der Waals surface area contributed by atoms with E-state index in [0.717, 1.165) is 30.7 Å². The first-order chi connectivity index (χ1) is 10.0. The number of rotatable bonds is 8. The molecule has 0 radical (unpaired) electrons. The number of carbonyl (C=O) groups is 1. The first-order valence-electron chi connectivity index (χ1n) is 7.44. The normalized spacial score (nSPS) is 12.3. The van der Waals surface area contributed by atoms with Crippen LogP contribution in [0.2, 0.25) is 0 Å². The van der Waals surface area contributed by atoms with Crippen molar-refractivity contribution < 1.29 is 4.79 Å². The molecule has 0 aliphatic rings. The van der Waals surface area contributed by atoms with E-state index in [0.29, 0.717) is 11.4 Å². The minimum Gasteiger partial charge on any atom is -0.370 e. The zero-order valence-corrected chi connectivity index (χ0v) is 14.8. The molecule has 1 unspecified atom stereocenters. The van der Waals surface area contributed by atoms with Crippen LogP contribution in [0.1, 0.15) is 38.1 Å². The van der Waals surface area contributed by atoms with Crippen LogP contribution in [-0.4, -0.2) is 48.0 Å². The number of carbonyl (C=O) groups excluding carboxylic acids is 1. The average Bonchev–Trinajstić information content (AvgIpc) is 2.46. The largest absolute Gasteiger partial charge is 0.370 e. The summed E-state index contributed by atoms with van der Waals surface area (Å²) in [6.45, 7) is 11.8. The smallest absolute Gasteiger partial charge is 0.255 e. The molecule has 0 aromatic carbocycles. The highest BCUT2D eigenvalue weighted by molar-refractivity contribution is 9.10. The lowest BCUT2D eigenvalue weighted by Crippen LogP contribution is -2.42. The Hall–Kier alpha value is -1.14. The standard InChI is InChI=1S/C15H25BrN4O/c1-5-17-14-13(8-12(16)9-18-14)15(21)19-11(4)10-20(6-2)7-3/h8-9,11H,5-7,10H2,1-4H3,(H,17,18)(H,19,21). The minimum absolute atomic E-state index is 0.0888. The maximum Gasteiger partial charge on any atom is 0.255 e. The van der Waals surface area contributed by atoms with Gasteiger partial charge in [-0.05, 0) is 48.9 Å². The van der Waals surface area contributed by atoms with E-state index in [9.17, 15) is 4.79 Å². The predicted molar refractivity (Wildman–Crippen MR) is 90.8 cm³/mol. The summed E-state index contributed by atoms with van der Waals surface area (Å²) in [6, 6.07) is 1.88. The van der Waals surface area contributed by atoms with Crippen molar-refractivity contribution in [3.05, 3.63) is 22.3 Å². The molecule has 0 spiro atoms. The molecule has 1 aromatic rings. The van der Waals surface area contributed by atoms with Crippen molar-refractivity contribution in [2.45, 2.75) is 33.7 Å². The Morgan fingerprint density at radius 1 is 1.38 bits per heavy atom. The number of nitrogens with zero attached hydrogens (tertiary/aromatic N) is 2. The van der Waals surface area contributed by atoms with Crippen LogP contribution in [0.3, 0.4) is 0 Å². The number of nitrogens with one attached hydrogen (secondary N) is 2. The number of pyridine rings is 1. The summed E-state index contributed by atoms with van der Waals surface area (Å²) in [7, 11) is 0. The van der Waals surface area contributed by atoms with E-state index in [4.69, 9.17) is 0 Å². The number of aromatic nitrogens is 1. The molecule has 1 atom stereocenters. The van der Waals surface area contributed by atoms with Crippen molar-refractivity contribution in [2.24, 2.45) is 0 Å². The second-order valence-corrected chi connectivity index (χ2v) is 5.86. The van der Waals surface area contributed by atoms with Gasteiger partial charge in [-0.2, -0.15) is 0 Å². The van der Waals surface area contributed by atoms with E-state index in [-0.39, 0.29) is 11.9 Å². The Balaban J connectivity index is 2.76. The van der Waals surface area contributed by atoms with Crippen molar-refractivity contribution in [1.82, 2.24) is 15.2 Å². The van der Waals surface area contributed by atoms with Crippen LogP contribution in [0, 0.1) is 0 Å². The summed E-state index contributed by atoms with van der Waals surface area (Å²) in [5, 5.41) is 6.16. The van der Waals surface area contributed by atoms with Crippen molar-refractivity contribution in [3.63, 3.8) is 0 Å². The van der Waals surface area contributed by atoms with Crippen LogP contribution in [0.5, 0.6) is 0 Å². The SMILES string of the molecule is CCNc1ncc(Br)cc1C(=O)NC(C)CN(CC)CC. The average molecular weight is 357 g/mol. The Bertz CT molecular complexity index is 463. The molecule has 2 N–H and O–H groups in total. The molecule has 0 saturated carbocycles. The lowest BCUT2D eigenvalue weighted by molar-refractivity contribution is 0.0930. The molecule has 118 valence electrons. The highest BCUT2D eigenvalue weighted by Crippen LogP contribution is 2.18.